The quantitative estimate of drug-likeness (QED) is 0.792. The number of aryl methyl sites for hydroxylation is 2. The Morgan fingerprint density at radius 3 is 2.68 bits per heavy atom. The third-order valence-electron chi connectivity index (χ3n) is 2.57. The number of esters is 1. The van der Waals surface area contributed by atoms with E-state index in [1.165, 1.54) is 7.11 Å². The first-order chi connectivity index (χ1) is 9.10. The van der Waals surface area contributed by atoms with Crippen LogP contribution in [0.4, 0.5) is 0 Å². The van der Waals surface area contributed by atoms with E-state index in [1.54, 1.807) is 37.4 Å². The fourth-order valence-electron chi connectivity index (χ4n) is 1.56. The molecule has 0 bridgehead atoms. The Labute approximate surface area is 111 Å². The Morgan fingerprint density at radius 2 is 2.00 bits per heavy atom. The number of hydrogen-bond donors (Lipinski definition) is 0. The lowest BCUT2D eigenvalue weighted by atomic mass is 10.1. The summed E-state index contributed by atoms with van der Waals surface area (Å²) in [4.78, 5) is 19.6. The van der Waals surface area contributed by atoms with Crippen LogP contribution in [0.3, 0.4) is 0 Å². The van der Waals surface area contributed by atoms with Crippen molar-refractivity contribution in [2.75, 3.05) is 7.11 Å². The van der Waals surface area contributed by atoms with Gasteiger partial charge in [-0.05, 0) is 31.5 Å². The zero-order valence-corrected chi connectivity index (χ0v) is 11.0. The van der Waals surface area contributed by atoms with Crippen LogP contribution in [0.25, 0.3) is 0 Å². The Morgan fingerprint density at radius 1 is 1.21 bits per heavy atom. The number of aromatic nitrogens is 2. The van der Waals surface area contributed by atoms with Crippen molar-refractivity contribution in [2.45, 2.75) is 13.8 Å². The van der Waals surface area contributed by atoms with Gasteiger partial charge >= 0.3 is 5.97 Å². The number of hydrogen-bond acceptors (Lipinski definition) is 5. The maximum absolute atomic E-state index is 11.5. The molecule has 98 valence electrons. The molecule has 19 heavy (non-hydrogen) atoms. The van der Waals surface area contributed by atoms with Crippen LogP contribution in [-0.4, -0.2) is 23.0 Å². The fraction of sp³-hybridized carbons (Fsp3) is 0.214. The molecule has 0 unspecified atom stereocenters. The maximum Gasteiger partial charge on any atom is 0.337 e. The van der Waals surface area contributed by atoms with E-state index in [4.69, 9.17) is 4.74 Å². The monoisotopic (exact) mass is 258 g/mol. The third kappa shape index (κ3) is 3.07. The van der Waals surface area contributed by atoms with Crippen LogP contribution in [0.5, 0.6) is 11.6 Å². The number of rotatable bonds is 3. The van der Waals surface area contributed by atoms with E-state index in [9.17, 15) is 4.79 Å². The van der Waals surface area contributed by atoms with Crippen LogP contribution in [0.15, 0.2) is 30.5 Å². The maximum atomic E-state index is 11.5. The van der Waals surface area contributed by atoms with Crippen molar-refractivity contribution in [3.63, 3.8) is 0 Å². The molecule has 0 atom stereocenters. The molecule has 0 saturated carbocycles. The number of ether oxygens (including phenoxy) is 2. The molecular formula is C14H14N2O3. The van der Waals surface area contributed by atoms with Crippen LogP contribution in [0, 0.1) is 13.8 Å². The SMILES string of the molecule is COC(=O)c1ccc(C)c(Oc2ccnc(C)n2)c1. The summed E-state index contributed by atoms with van der Waals surface area (Å²) in [5.74, 6) is 1.24. The molecule has 0 aliphatic heterocycles. The highest BCUT2D eigenvalue weighted by Gasteiger charge is 2.10. The van der Waals surface area contributed by atoms with Crippen LogP contribution >= 0.6 is 0 Å². The second kappa shape index (κ2) is 5.48. The molecule has 0 fully saturated rings. The first kappa shape index (κ1) is 13.0. The highest BCUT2D eigenvalue weighted by molar-refractivity contribution is 5.89. The molecule has 1 aromatic carbocycles. The largest absolute Gasteiger partial charge is 0.465 e. The fourth-order valence-corrected chi connectivity index (χ4v) is 1.56. The normalized spacial score (nSPS) is 10.1. The van der Waals surface area contributed by atoms with Gasteiger partial charge in [-0.25, -0.2) is 9.78 Å². The third-order valence-corrected chi connectivity index (χ3v) is 2.57. The molecule has 2 aromatic rings. The minimum Gasteiger partial charge on any atom is -0.465 e. The smallest absolute Gasteiger partial charge is 0.337 e. The predicted octanol–water partition coefficient (Wildman–Crippen LogP) is 2.67. The summed E-state index contributed by atoms with van der Waals surface area (Å²) in [7, 11) is 1.34. The summed E-state index contributed by atoms with van der Waals surface area (Å²) in [6, 6.07) is 6.80. The second-order valence-corrected chi connectivity index (χ2v) is 4.02. The number of carbonyl (C=O) groups is 1. The van der Waals surface area contributed by atoms with E-state index in [2.05, 4.69) is 14.7 Å². The zero-order chi connectivity index (χ0) is 13.8. The van der Waals surface area contributed by atoms with E-state index in [1.807, 2.05) is 6.92 Å². The molecular weight excluding hydrogens is 244 g/mol. The number of benzene rings is 1. The molecule has 2 rings (SSSR count). The standard InChI is InChI=1S/C14H14N2O3/c1-9-4-5-11(14(17)18-3)8-12(9)19-13-6-7-15-10(2)16-13/h4-8H,1-3H3. The van der Waals surface area contributed by atoms with Crippen molar-refractivity contribution in [3.05, 3.63) is 47.4 Å². The molecule has 5 nitrogen and oxygen atoms in total. The molecule has 0 aliphatic rings. The van der Waals surface area contributed by atoms with Crippen molar-refractivity contribution in [1.29, 1.82) is 0 Å². The van der Waals surface area contributed by atoms with Gasteiger partial charge in [-0.2, -0.15) is 4.98 Å². The number of carbonyl (C=O) groups excluding carboxylic acids is 1. The summed E-state index contributed by atoms with van der Waals surface area (Å²) in [6.07, 6.45) is 1.62. The summed E-state index contributed by atoms with van der Waals surface area (Å²) in [5, 5.41) is 0. The lowest BCUT2D eigenvalue weighted by Crippen LogP contribution is -2.02. The summed E-state index contributed by atoms with van der Waals surface area (Å²) < 4.78 is 10.3. The molecule has 0 aliphatic carbocycles. The minimum atomic E-state index is -0.399. The number of methoxy groups -OCH3 is 1. The highest BCUT2D eigenvalue weighted by atomic mass is 16.5. The van der Waals surface area contributed by atoms with Crippen molar-refractivity contribution < 1.29 is 14.3 Å². The van der Waals surface area contributed by atoms with Crippen LogP contribution < -0.4 is 4.74 Å². The second-order valence-electron chi connectivity index (χ2n) is 4.02. The molecule has 0 radical (unpaired) electrons. The highest BCUT2D eigenvalue weighted by Crippen LogP contribution is 2.25. The first-order valence-electron chi connectivity index (χ1n) is 5.76. The van der Waals surface area contributed by atoms with Crippen molar-refractivity contribution in [3.8, 4) is 11.6 Å². The van der Waals surface area contributed by atoms with E-state index in [0.717, 1.165) is 5.56 Å². The van der Waals surface area contributed by atoms with Crippen LogP contribution in [0.1, 0.15) is 21.7 Å². The first-order valence-corrected chi connectivity index (χ1v) is 5.76. The van der Waals surface area contributed by atoms with Gasteiger partial charge in [0.15, 0.2) is 0 Å². The molecule has 5 heteroatoms. The Kier molecular flexibility index (Phi) is 3.75. The van der Waals surface area contributed by atoms with Gasteiger partial charge in [-0.1, -0.05) is 6.07 Å². The van der Waals surface area contributed by atoms with Crippen molar-refractivity contribution in [2.24, 2.45) is 0 Å². The van der Waals surface area contributed by atoms with Gasteiger partial charge in [-0.3, -0.25) is 0 Å². The van der Waals surface area contributed by atoms with Gasteiger partial charge in [0.2, 0.25) is 5.88 Å². The van der Waals surface area contributed by atoms with Crippen LogP contribution in [0.2, 0.25) is 0 Å². The Balaban J connectivity index is 2.31. The van der Waals surface area contributed by atoms with Gasteiger partial charge in [0, 0.05) is 12.3 Å². The van der Waals surface area contributed by atoms with Gasteiger partial charge in [-0.15, -0.1) is 0 Å². The van der Waals surface area contributed by atoms with E-state index in [0.29, 0.717) is 23.0 Å². The van der Waals surface area contributed by atoms with Crippen molar-refractivity contribution in [1.82, 2.24) is 9.97 Å². The molecule has 1 heterocycles. The lowest BCUT2D eigenvalue weighted by molar-refractivity contribution is 0.0600. The van der Waals surface area contributed by atoms with E-state index in [-0.39, 0.29) is 0 Å². The van der Waals surface area contributed by atoms with Crippen LogP contribution in [-0.2, 0) is 4.74 Å². The predicted molar refractivity (Wildman–Crippen MR) is 69.4 cm³/mol. The lowest BCUT2D eigenvalue weighted by Gasteiger charge is -2.09. The Hall–Kier alpha value is -2.43. The summed E-state index contributed by atoms with van der Waals surface area (Å²) >= 11 is 0. The van der Waals surface area contributed by atoms with Crippen molar-refractivity contribution >= 4 is 5.97 Å². The molecule has 0 saturated heterocycles. The molecule has 0 spiro atoms. The molecule has 0 amide bonds. The summed E-state index contributed by atoms with van der Waals surface area (Å²) in [5.41, 5.74) is 1.35. The van der Waals surface area contributed by atoms with Gasteiger partial charge < -0.3 is 9.47 Å². The summed E-state index contributed by atoms with van der Waals surface area (Å²) in [6.45, 7) is 3.68. The van der Waals surface area contributed by atoms with E-state index < -0.39 is 5.97 Å². The average Bonchev–Trinajstić information content (AvgIpc) is 2.40. The average molecular weight is 258 g/mol. The molecule has 0 N–H and O–H groups in total. The van der Waals surface area contributed by atoms with Gasteiger partial charge in [0.1, 0.15) is 11.6 Å². The minimum absolute atomic E-state index is 0.399. The zero-order valence-electron chi connectivity index (χ0n) is 11.0. The van der Waals surface area contributed by atoms with Gasteiger partial charge in [0.25, 0.3) is 0 Å². The topological polar surface area (TPSA) is 61.3 Å². The Bertz CT molecular complexity index is 611. The molecule has 1 aromatic heterocycles. The van der Waals surface area contributed by atoms with Gasteiger partial charge in [0.05, 0.1) is 12.7 Å². The van der Waals surface area contributed by atoms with E-state index >= 15 is 0 Å². The number of nitrogens with zero attached hydrogens (tertiary/aromatic N) is 2.